The predicted molar refractivity (Wildman–Crippen MR) is 60.1 cm³/mol. The second-order valence-electron chi connectivity index (χ2n) is 3.59. The normalized spacial score (nSPS) is 21.4. The Labute approximate surface area is 88.7 Å². The fourth-order valence-corrected chi connectivity index (χ4v) is 2.48. The number of benzene rings is 1. The Morgan fingerprint density at radius 1 is 1.50 bits per heavy atom. The number of rotatable bonds is 2. The Morgan fingerprint density at radius 2 is 2.36 bits per heavy atom. The van der Waals surface area contributed by atoms with Gasteiger partial charge in [-0.3, -0.25) is 0 Å². The molecule has 0 aromatic heterocycles. The van der Waals surface area contributed by atoms with Gasteiger partial charge in [0.05, 0.1) is 0 Å². The summed E-state index contributed by atoms with van der Waals surface area (Å²) in [5, 5.41) is 13.3. The molecule has 0 amide bonds. The second kappa shape index (κ2) is 4.24. The van der Waals surface area contributed by atoms with Crippen LogP contribution in [0, 0.1) is 0 Å². The quantitative estimate of drug-likeness (QED) is 0.732. The van der Waals surface area contributed by atoms with Crippen molar-refractivity contribution in [1.82, 2.24) is 5.32 Å². The number of thioether (sulfide) groups is 1. The van der Waals surface area contributed by atoms with Gasteiger partial charge < -0.3 is 10.4 Å². The molecule has 1 heterocycles. The Kier molecular flexibility index (Phi) is 2.99. The van der Waals surface area contributed by atoms with Crippen LogP contribution in [-0.4, -0.2) is 24.5 Å². The van der Waals surface area contributed by atoms with E-state index in [1.54, 1.807) is 11.8 Å². The van der Waals surface area contributed by atoms with Crippen molar-refractivity contribution in [1.29, 1.82) is 0 Å². The van der Waals surface area contributed by atoms with Crippen LogP contribution < -0.4 is 5.32 Å². The highest BCUT2D eigenvalue weighted by atomic mass is 32.2. The van der Waals surface area contributed by atoms with Gasteiger partial charge in [-0.2, -0.15) is 0 Å². The van der Waals surface area contributed by atoms with Crippen LogP contribution in [0.1, 0.15) is 17.9 Å². The van der Waals surface area contributed by atoms with E-state index in [2.05, 4.69) is 5.32 Å². The van der Waals surface area contributed by atoms with E-state index in [9.17, 15) is 5.11 Å². The Bertz CT molecular complexity index is 321. The number of phenolic OH excluding ortho intramolecular Hbond substituents is 1. The molecule has 3 heteroatoms. The lowest BCUT2D eigenvalue weighted by atomic mass is 9.97. The van der Waals surface area contributed by atoms with E-state index in [1.807, 2.05) is 24.5 Å². The highest BCUT2D eigenvalue weighted by Gasteiger charge is 2.20. The van der Waals surface area contributed by atoms with Crippen LogP contribution in [0.3, 0.4) is 0 Å². The Morgan fingerprint density at radius 3 is 3.00 bits per heavy atom. The average molecular weight is 209 g/mol. The fraction of sp³-hybridized carbons (Fsp3) is 0.455. The molecule has 2 rings (SSSR count). The maximum atomic E-state index is 10.0. The van der Waals surface area contributed by atoms with Crippen LogP contribution >= 0.6 is 11.8 Å². The summed E-state index contributed by atoms with van der Waals surface area (Å²) in [4.78, 5) is 0.981. The van der Waals surface area contributed by atoms with E-state index in [-0.39, 0.29) is 0 Å². The molecule has 1 aliphatic rings. The third-order valence-corrected chi connectivity index (χ3v) is 3.52. The summed E-state index contributed by atoms with van der Waals surface area (Å²) in [6.45, 7) is 2.05. The lowest BCUT2D eigenvalue weighted by Gasteiger charge is -2.12. The summed E-state index contributed by atoms with van der Waals surface area (Å²) in [5.74, 6) is 0.968. The molecule has 0 bridgehead atoms. The van der Waals surface area contributed by atoms with Gasteiger partial charge in [0.2, 0.25) is 0 Å². The van der Waals surface area contributed by atoms with Crippen LogP contribution in [0.2, 0.25) is 0 Å². The Hall–Kier alpha value is -0.670. The maximum absolute atomic E-state index is 10.0. The first-order valence-electron chi connectivity index (χ1n) is 4.89. The van der Waals surface area contributed by atoms with E-state index < -0.39 is 0 Å². The SMILES string of the molecule is CSc1cccc([C@H]2CCNC2)c1O. The summed E-state index contributed by atoms with van der Waals surface area (Å²) in [5.41, 5.74) is 1.10. The van der Waals surface area contributed by atoms with Crippen molar-refractivity contribution >= 4 is 11.8 Å². The predicted octanol–water partition coefficient (Wildman–Crippen LogP) is 2.19. The van der Waals surface area contributed by atoms with Gasteiger partial charge >= 0.3 is 0 Å². The first-order valence-corrected chi connectivity index (χ1v) is 6.12. The number of phenols is 1. The zero-order valence-corrected chi connectivity index (χ0v) is 9.10. The van der Waals surface area contributed by atoms with Gasteiger partial charge in [-0.25, -0.2) is 0 Å². The Balaban J connectivity index is 2.32. The standard InChI is InChI=1S/C11H15NOS/c1-14-10-4-2-3-9(11(10)13)8-5-6-12-7-8/h2-4,8,12-13H,5-7H2,1H3/t8-/m0/s1. The van der Waals surface area contributed by atoms with Crippen LogP contribution in [0.15, 0.2) is 23.1 Å². The van der Waals surface area contributed by atoms with Gasteiger partial charge in [0.25, 0.3) is 0 Å². The molecule has 2 nitrogen and oxygen atoms in total. The third-order valence-electron chi connectivity index (χ3n) is 2.75. The molecule has 76 valence electrons. The molecule has 1 saturated heterocycles. The minimum Gasteiger partial charge on any atom is -0.506 e. The molecule has 1 atom stereocenters. The van der Waals surface area contributed by atoms with Crippen molar-refractivity contribution in [2.24, 2.45) is 0 Å². The van der Waals surface area contributed by atoms with Gasteiger partial charge in [-0.15, -0.1) is 11.8 Å². The van der Waals surface area contributed by atoms with Crippen molar-refractivity contribution in [2.75, 3.05) is 19.3 Å². The number of hydrogen-bond donors (Lipinski definition) is 2. The van der Waals surface area contributed by atoms with E-state index in [0.29, 0.717) is 11.7 Å². The summed E-state index contributed by atoms with van der Waals surface area (Å²) in [7, 11) is 0. The summed E-state index contributed by atoms with van der Waals surface area (Å²) < 4.78 is 0. The molecule has 14 heavy (non-hydrogen) atoms. The highest BCUT2D eigenvalue weighted by Crippen LogP contribution is 2.36. The van der Waals surface area contributed by atoms with Gasteiger partial charge in [0.15, 0.2) is 0 Å². The first-order chi connectivity index (χ1) is 6.83. The molecule has 0 spiro atoms. The first kappa shape index (κ1) is 9.87. The number of para-hydroxylation sites is 1. The van der Waals surface area contributed by atoms with E-state index in [0.717, 1.165) is 30.0 Å². The van der Waals surface area contributed by atoms with Gasteiger partial charge in [-0.1, -0.05) is 12.1 Å². The summed E-state index contributed by atoms with van der Waals surface area (Å²) in [6.07, 6.45) is 3.12. The monoisotopic (exact) mass is 209 g/mol. The zero-order chi connectivity index (χ0) is 9.97. The minimum atomic E-state index is 0.480. The molecule has 1 aromatic rings. The maximum Gasteiger partial charge on any atom is 0.132 e. The largest absolute Gasteiger partial charge is 0.506 e. The summed E-state index contributed by atoms with van der Waals surface area (Å²) in [6, 6.07) is 6.03. The number of aromatic hydroxyl groups is 1. The molecule has 1 fully saturated rings. The minimum absolute atomic E-state index is 0.480. The molecule has 1 aromatic carbocycles. The molecule has 0 radical (unpaired) electrons. The third kappa shape index (κ3) is 1.74. The van der Waals surface area contributed by atoms with Crippen molar-refractivity contribution in [3.8, 4) is 5.75 Å². The topological polar surface area (TPSA) is 32.3 Å². The smallest absolute Gasteiger partial charge is 0.132 e. The van der Waals surface area contributed by atoms with Crippen molar-refractivity contribution < 1.29 is 5.11 Å². The molecular formula is C11H15NOS. The highest BCUT2D eigenvalue weighted by molar-refractivity contribution is 7.98. The zero-order valence-electron chi connectivity index (χ0n) is 8.29. The summed E-state index contributed by atoms with van der Waals surface area (Å²) >= 11 is 1.60. The average Bonchev–Trinajstić information content (AvgIpc) is 2.71. The lowest BCUT2D eigenvalue weighted by molar-refractivity contribution is 0.450. The molecule has 1 aliphatic heterocycles. The van der Waals surface area contributed by atoms with E-state index in [4.69, 9.17) is 0 Å². The van der Waals surface area contributed by atoms with Gasteiger partial charge in [-0.05, 0) is 30.9 Å². The van der Waals surface area contributed by atoms with Crippen molar-refractivity contribution in [3.63, 3.8) is 0 Å². The van der Waals surface area contributed by atoms with Crippen LogP contribution in [0.25, 0.3) is 0 Å². The molecule has 0 unspecified atom stereocenters. The number of nitrogens with one attached hydrogen (secondary N) is 1. The van der Waals surface area contributed by atoms with Gasteiger partial charge in [0, 0.05) is 17.4 Å². The van der Waals surface area contributed by atoms with Gasteiger partial charge in [0.1, 0.15) is 5.75 Å². The molecule has 0 aliphatic carbocycles. The van der Waals surface area contributed by atoms with Crippen molar-refractivity contribution in [3.05, 3.63) is 23.8 Å². The molecular weight excluding hydrogens is 194 g/mol. The van der Waals surface area contributed by atoms with E-state index >= 15 is 0 Å². The second-order valence-corrected chi connectivity index (χ2v) is 4.44. The van der Waals surface area contributed by atoms with Crippen molar-refractivity contribution in [2.45, 2.75) is 17.2 Å². The number of hydrogen-bond acceptors (Lipinski definition) is 3. The van der Waals surface area contributed by atoms with E-state index in [1.165, 1.54) is 0 Å². The fourth-order valence-electron chi connectivity index (χ4n) is 1.95. The molecule has 0 saturated carbocycles. The van der Waals surface area contributed by atoms with Crippen LogP contribution in [-0.2, 0) is 0 Å². The lowest BCUT2D eigenvalue weighted by Crippen LogP contribution is -2.08. The van der Waals surface area contributed by atoms with Crippen LogP contribution in [0.4, 0.5) is 0 Å². The van der Waals surface area contributed by atoms with Crippen LogP contribution in [0.5, 0.6) is 5.75 Å². The molecule has 2 N–H and O–H groups in total.